The summed E-state index contributed by atoms with van der Waals surface area (Å²) >= 11 is 3.54. The van der Waals surface area contributed by atoms with Gasteiger partial charge >= 0.3 is 0 Å². The minimum atomic E-state index is 0.423. The summed E-state index contributed by atoms with van der Waals surface area (Å²) in [5, 5.41) is 1.21. The van der Waals surface area contributed by atoms with Crippen molar-refractivity contribution in [2.24, 2.45) is 0 Å². The van der Waals surface area contributed by atoms with E-state index >= 15 is 0 Å². The standard InChI is InChI=1S/C12H12BrNO/c1-8-9(2)14(6-7-15)11-5-3-4-10(13)12(8)11/h3-5,7H,6H2,1-2H3. The topological polar surface area (TPSA) is 22.0 Å². The smallest absolute Gasteiger partial charge is 0.139 e. The number of nitrogens with zero attached hydrogens (tertiary/aromatic N) is 1. The van der Waals surface area contributed by atoms with E-state index < -0.39 is 0 Å². The van der Waals surface area contributed by atoms with Crippen molar-refractivity contribution in [1.82, 2.24) is 4.57 Å². The molecule has 2 nitrogen and oxygen atoms in total. The van der Waals surface area contributed by atoms with Gasteiger partial charge in [-0.05, 0) is 31.5 Å². The van der Waals surface area contributed by atoms with Gasteiger partial charge in [-0.15, -0.1) is 0 Å². The number of fused-ring (bicyclic) bond motifs is 1. The lowest BCUT2D eigenvalue weighted by molar-refractivity contribution is -0.108. The Morgan fingerprint density at radius 3 is 2.80 bits per heavy atom. The highest BCUT2D eigenvalue weighted by atomic mass is 79.9. The Labute approximate surface area is 97.0 Å². The van der Waals surface area contributed by atoms with Gasteiger partial charge in [-0.25, -0.2) is 0 Å². The van der Waals surface area contributed by atoms with E-state index in [9.17, 15) is 4.79 Å². The molecule has 15 heavy (non-hydrogen) atoms. The largest absolute Gasteiger partial charge is 0.337 e. The lowest BCUT2D eigenvalue weighted by Crippen LogP contribution is -2.00. The number of hydrogen-bond acceptors (Lipinski definition) is 1. The van der Waals surface area contributed by atoms with Gasteiger partial charge in [0.25, 0.3) is 0 Å². The van der Waals surface area contributed by atoms with Crippen LogP contribution in [-0.4, -0.2) is 10.9 Å². The second-order valence-electron chi connectivity index (χ2n) is 3.62. The Balaban J connectivity index is 2.86. The number of hydrogen-bond donors (Lipinski definition) is 0. The summed E-state index contributed by atoms with van der Waals surface area (Å²) in [6, 6.07) is 6.07. The van der Waals surface area contributed by atoms with Crippen LogP contribution in [0.4, 0.5) is 0 Å². The van der Waals surface area contributed by atoms with Gasteiger partial charge in [0.2, 0.25) is 0 Å². The molecule has 0 spiro atoms. The maximum Gasteiger partial charge on any atom is 0.139 e. The van der Waals surface area contributed by atoms with Crippen molar-refractivity contribution in [3.8, 4) is 0 Å². The quantitative estimate of drug-likeness (QED) is 0.765. The van der Waals surface area contributed by atoms with Gasteiger partial charge in [-0.2, -0.15) is 0 Å². The highest BCUT2D eigenvalue weighted by molar-refractivity contribution is 9.10. The third-order valence-electron chi connectivity index (χ3n) is 2.86. The molecule has 0 amide bonds. The van der Waals surface area contributed by atoms with Crippen molar-refractivity contribution in [3.63, 3.8) is 0 Å². The Bertz CT molecular complexity index is 528. The van der Waals surface area contributed by atoms with Gasteiger partial charge in [-0.1, -0.05) is 22.0 Å². The summed E-state index contributed by atoms with van der Waals surface area (Å²) in [5.41, 5.74) is 3.51. The molecular weight excluding hydrogens is 254 g/mol. The number of benzene rings is 1. The van der Waals surface area contributed by atoms with Crippen LogP contribution in [0.1, 0.15) is 11.3 Å². The molecule has 1 heterocycles. The number of carbonyl (C=O) groups is 1. The van der Waals surface area contributed by atoms with Crippen LogP contribution in [0.3, 0.4) is 0 Å². The molecule has 0 fully saturated rings. The Kier molecular flexibility index (Phi) is 2.65. The van der Waals surface area contributed by atoms with Crippen LogP contribution >= 0.6 is 15.9 Å². The predicted octanol–water partition coefficient (Wildman–Crippen LogP) is 3.22. The Morgan fingerprint density at radius 1 is 1.40 bits per heavy atom. The molecule has 0 N–H and O–H groups in total. The Hall–Kier alpha value is -1.09. The van der Waals surface area contributed by atoms with Gasteiger partial charge in [0, 0.05) is 15.6 Å². The fourth-order valence-electron chi connectivity index (χ4n) is 1.98. The first kappa shape index (κ1) is 10.4. The van der Waals surface area contributed by atoms with Crippen LogP contribution < -0.4 is 0 Å². The SMILES string of the molecule is Cc1c(C)n(CC=O)c2cccc(Br)c12. The zero-order valence-corrected chi connectivity index (χ0v) is 10.3. The minimum Gasteiger partial charge on any atom is -0.337 e. The molecule has 0 saturated heterocycles. The molecule has 0 radical (unpaired) electrons. The van der Waals surface area contributed by atoms with E-state index in [4.69, 9.17) is 0 Å². The molecule has 0 unspecified atom stereocenters. The van der Waals surface area contributed by atoms with Gasteiger partial charge in [0.15, 0.2) is 0 Å². The summed E-state index contributed by atoms with van der Waals surface area (Å²) in [4.78, 5) is 10.6. The van der Waals surface area contributed by atoms with Gasteiger partial charge < -0.3 is 9.36 Å². The molecule has 0 saturated carbocycles. The lowest BCUT2D eigenvalue weighted by atomic mass is 10.2. The number of carbonyl (C=O) groups excluding carboxylic acids is 1. The minimum absolute atomic E-state index is 0.423. The average molecular weight is 266 g/mol. The zero-order chi connectivity index (χ0) is 11.0. The second kappa shape index (κ2) is 3.81. The van der Waals surface area contributed by atoms with Gasteiger partial charge in [-0.3, -0.25) is 0 Å². The molecule has 2 aromatic rings. The summed E-state index contributed by atoms with van der Waals surface area (Å²) in [6.45, 7) is 4.56. The van der Waals surface area contributed by atoms with Crippen LogP contribution in [-0.2, 0) is 11.3 Å². The molecular formula is C12H12BrNO. The first-order chi connectivity index (χ1) is 7.16. The highest BCUT2D eigenvalue weighted by Crippen LogP contribution is 2.31. The number of aryl methyl sites for hydroxylation is 1. The Morgan fingerprint density at radius 2 is 2.13 bits per heavy atom. The highest BCUT2D eigenvalue weighted by Gasteiger charge is 2.11. The third-order valence-corrected chi connectivity index (χ3v) is 3.52. The van der Waals surface area contributed by atoms with E-state index in [2.05, 4.69) is 22.9 Å². The molecule has 3 heteroatoms. The van der Waals surface area contributed by atoms with Crippen LogP contribution in [0, 0.1) is 13.8 Å². The van der Waals surface area contributed by atoms with E-state index in [0.717, 1.165) is 22.0 Å². The monoisotopic (exact) mass is 265 g/mol. The summed E-state index contributed by atoms with van der Waals surface area (Å²) < 4.78 is 3.13. The molecule has 78 valence electrons. The number of halogens is 1. The zero-order valence-electron chi connectivity index (χ0n) is 8.75. The van der Waals surface area contributed by atoms with Crippen LogP contribution in [0.25, 0.3) is 10.9 Å². The molecule has 1 aromatic carbocycles. The van der Waals surface area contributed by atoms with Crippen molar-refractivity contribution in [2.75, 3.05) is 0 Å². The maximum atomic E-state index is 10.6. The first-order valence-corrected chi connectivity index (χ1v) is 5.63. The van der Waals surface area contributed by atoms with E-state index in [1.165, 1.54) is 10.9 Å². The van der Waals surface area contributed by atoms with E-state index in [1.807, 2.05) is 29.7 Å². The second-order valence-corrected chi connectivity index (χ2v) is 4.48. The summed E-state index contributed by atoms with van der Waals surface area (Å²) in [7, 11) is 0. The molecule has 2 rings (SSSR count). The van der Waals surface area contributed by atoms with Crippen LogP contribution in [0.15, 0.2) is 22.7 Å². The molecule has 0 atom stereocenters. The molecule has 0 aliphatic heterocycles. The van der Waals surface area contributed by atoms with Crippen LogP contribution in [0.5, 0.6) is 0 Å². The first-order valence-electron chi connectivity index (χ1n) is 4.84. The van der Waals surface area contributed by atoms with Crippen molar-refractivity contribution in [2.45, 2.75) is 20.4 Å². The molecule has 0 aliphatic carbocycles. The third kappa shape index (κ3) is 1.51. The average Bonchev–Trinajstić information content (AvgIpc) is 2.45. The molecule has 0 bridgehead atoms. The number of aromatic nitrogens is 1. The van der Waals surface area contributed by atoms with Gasteiger partial charge in [0.1, 0.15) is 6.29 Å². The summed E-state index contributed by atoms with van der Waals surface area (Å²) in [6.07, 6.45) is 0.937. The summed E-state index contributed by atoms with van der Waals surface area (Å²) in [5.74, 6) is 0. The number of rotatable bonds is 2. The van der Waals surface area contributed by atoms with Crippen molar-refractivity contribution < 1.29 is 4.79 Å². The van der Waals surface area contributed by atoms with E-state index in [0.29, 0.717) is 6.54 Å². The molecule has 0 aliphatic rings. The normalized spacial score (nSPS) is 10.9. The van der Waals surface area contributed by atoms with Crippen LogP contribution in [0.2, 0.25) is 0 Å². The van der Waals surface area contributed by atoms with Crippen molar-refractivity contribution in [3.05, 3.63) is 33.9 Å². The van der Waals surface area contributed by atoms with Gasteiger partial charge in [0.05, 0.1) is 12.1 Å². The van der Waals surface area contributed by atoms with Crippen molar-refractivity contribution >= 4 is 33.1 Å². The number of aldehydes is 1. The van der Waals surface area contributed by atoms with E-state index in [1.54, 1.807) is 0 Å². The maximum absolute atomic E-state index is 10.6. The molecule has 1 aromatic heterocycles. The fraction of sp³-hybridized carbons (Fsp3) is 0.250. The predicted molar refractivity (Wildman–Crippen MR) is 65.2 cm³/mol. The fourth-order valence-corrected chi connectivity index (χ4v) is 2.64. The van der Waals surface area contributed by atoms with Crippen molar-refractivity contribution in [1.29, 1.82) is 0 Å². The lowest BCUT2D eigenvalue weighted by Gasteiger charge is -2.02. The van der Waals surface area contributed by atoms with E-state index in [-0.39, 0.29) is 0 Å².